The lowest BCUT2D eigenvalue weighted by Crippen LogP contribution is -2.56. The van der Waals surface area contributed by atoms with Crippen molar-refractivity contribution in [1.82, 2.24) is 15.5 Å². The minimum atomic E-state index is -1.46. The molecule has 2 rings (SSSR count). The quantitative estimate of drug-likeness (QED) is 0.123. The van der Waals surface area contributed by atoms with Crippen LogP contribution in [0.2, 0.25) is 0 Å². The second-order valence-electron chi connectivity index (χ2n) is 8.93. The van der Waals surface area contributed by atoms with Gasteiger partial charge < -0.3 is 37.2 Å². The Labute approximate surface area is 213 Å². The predicted molar refractivity (Wildman–Crippen MR) is 134 cm³/mol. The summed E-state index contributed by atoms with van der Waals surface area (Å²) in [5.74, 6) is -4.98. The molecule has 0 aromatic heterocycles. The Kier molecular flexibility index (Phi) is 10.2. The largest absolute Gasteiger partial charge is 0.481 e. The van der Waals surface area contributed by atoms with Gasteiger partial charge in [-0.25, -0.2) is 9.79 Å². The predicted octanol–water partition coefficient (Wildman–Crippen LogP) is -0.219. The van der Waals surface area contributed by atoms with Gasteiger partial charge in [0.1, 0.15) is 12.1 Å². The molecule has 1 fully saturated rings. The minimum Gasteiger partial charge on any atom is -0.481 e. The van der Waals surface area contributed by atoms with Crippen LogP contribution in [0.25, 0.3) is 6.08 Å². The van der Waals surface area contributed by atoms with Gasteiger partial charge in [-0.3, -0.25) is 19.2 Å². The first-order valence-corrected chi connectivity index (χ1v) is 11.6. The molecule has 13 heteroatoms. The van der Waals surface area contributed by atoms with Crippen molar-refractivity contribution in [1.29, 1.82) is 0 Å². The van der Waals surface area contributed by atoms with Gasteiger partial charge in [-0.15, -0.1) is 0 Å². The van der Waals surface area contributed by atoms with Gasteiger partial charge in [0.05, 0.1) is 12.1 Å². The Bertz CT molecular complexity index is 1080. The van der Waals surface area contributed by atoms with Crippen molar-refractivity contribution in [2.24, 2.45) is 22.4 Å². The molecule has 0 saturated carbocycles. The standard InChI is InChI=1S/C24H32N6O7/c1-13(2)21(23(36)37)29-22(35)17(12-20(33)34)28-18(31)11-16-9-10-30(16)19(32)8-5-14-3-6-15(7-4-14)27-24(25)26/h3-8,13,16-17,21H,9-12H2,1-2H3,(H,28,31)(H,29,35)(H,33,34)(H,36,37)(H4,25,26,27)/b8-5+/t16-,17+,21+/m1/s1. The summed E-state index contributed by atoms with van der Waals surface area (Å²) in [6, 6.07) is 3.71. The molecule has 1 heterocycles. The molecule has 0 unspecified atom stereocenters. The molecular weight excluding hydrogens is 484 g/mol. The number of nitrogens with zero attached hydrogens (tertiary/aromatic N) is 2. The van der Waals surface area contributed by atoms with Crippen molar-refractivity contribution in [3.8, 4) is 0 Å². The third-order valence-corrected chi connectivity index (χ3v) is 5.68. The Morgan fingerprint density at radius 1 is 1.11 bits per heavy atom. The highest BCUT2D eigenvalue weighted by molar-refractivity contribution is 5.94. The second-order valence-corrected chi connectivity index (χ2v) is 8.93. The zero-order valence-corrected chi connectivity index (χ0v) is 20.6. The summed E-state index contributed by atoms with van der Waals surface area (Å²) in [5, 5.41) is 23.0. The van der Waals surface area contributed by atoms with Gasteiger partial charge >= 0.3 is 11.9 Å². The number of carboxylic acid groups (broad SMARTS) is 2. The monoisotopic (exact) mass is 516 g/mol. The van der Waals surface area contributed by atoms with Gasteiger partial charge in [0, 0.05) is 25.1 Å². The summed E-state index contributed by atoms with van der Waals surface area (Å²) < 4.78 is 0. The van der Waals surface area contributed by atoms with E-state index in [0.29, 0.717) is 18.7 Å². The molecule has 0 radical (unpaired) electrons. The van der Waals surface area contributed by atoms with Crippen LogP contribution in [0.1, 0.15) is 38.7 Å². The number of likely N-dealkylation sites (tertiary alicyclic amines) is 1. The van der Waals surface area contributed by atoms with Crippen molar-refractivity contribution in [3.05, 3.63) is 35.9 Å². The molecule has 0 spiro atoms. The lowest BCUT2D eigenvalue weighted by Gasteiger charge is -2.40. The molecule has 1 aromatic carbocycles. The number of aliphatic imine (C=N–C) groups is 1. The number of carbonyl (C=O) groups excluding carboxylic acids is 3. The maximum Gasteiger partial charge on any atom is 0.326 e. The maximum atomic E-state index is 12.6. The summed E-state index contributed by atoms with van der Waals surface area (Å²) in [7, 11) is 0. The van der Waals surface area contributed by atoms with E-state index in [0.717, 1.165) is 5.56 Å². The topological polar surface area (TPSA) is 218 Å². The lowest BCUT2D eigenvalue weighted by molar-refractivity contribution is -0.144. The Morgan fingerprint density at radius 3 is 2.24 bits per heavy atom. The molecule has 0 bridgehead atoms. The van der Waals surface area contributed by atoms with E-state index >= 15 is 0 Å². The summed E-state index contributed by atoms with van der Waals surface area (Å²) in [5.41, 5.74) is 12.0. The lowest BCUT2D eigenvalue weighted by atomic mass is 9.98. The Hall–Kier alpha value is -4.42. The van der Waals surface area contributed by atoms with Gasteiger partial charge in [-0.05, 0) is 36.1 Å². The van der Waals surface area contributed by atoms with E-state index in [9.17, 15) is 29.1 Å². The van der Waals surface area contributed by atoms with Crippen molar-refractivity contribution in [3.63, 3.8) is 0 Å². The van der Waals surface area contributed by atoms with Crippen LogP contribution < -0.4 is 22.1 Å². The number of benzene rings is 1. The fraction of sp³-hybridized carbons (Fsp3) is 0.417. The number of carboxylic acids is 2. The van der Waals surface area contributed by atoms with Gasteiger partial charge in [0.2, 0.25) is 17.7 Å². The zero-order valence-electron chi connectivity index (χ0n) is 20.6. The number of amides is 3. The molecule has 37 heavy (non-hydrogen) atoms. The average Bonchev–Trinajstić information content (AvgIpc) is 2.78. The van der Waals surface area contributed by atoms with Crippen molar-refractivity contribution < 1.29 is 34.2 Å². The first kappa shape index (κ1) is 28.8. The smallest absolute Gasteiger partial charge is 0.326 e. The van der Waals surface area contributed by atoms with Crippen LogP contribution in [0.5, 0.6) is 0 Å². The number of hydrogen-bond donors (Lipinski definition) is 6. The van der Waals surface area contributed by atoms with Crippen molar-refractivity contribution >= 4 is 47.4 Å². The maximum absolute atomic E-state index is 12.6. The summed E-state index contributed by atoms with van der Waals surface area (Å²) in [6.07, 6.45) is 2.68. The SMILES string of the molecule is CC(C)[C@H](NC(=O)[C@H](CC(=O)O)NC(=O)C[C@H]1CCN1C(=O)/C=C/c1ccc(N=C(N)N)cc1)C(=O)O. The Morgan fingerprint density at radius 2 is 1.76 bits per heavy atom. The fourth-order valence-electron chi connectivity index (χ4n) is 3.63. The van der Waals surface area contributed by atoms with Crippen LogP contribution in [0.4, 0.5) is 5.69 Å². The number of aliphatic carboxylic acids is 2. The molecule has 13 nitrogen and oxygen atoms in total. The van der Waals surface area contributed by atoms with E-state index in [1.54, 1.807) is 44.2 Å². The van der Waals surface area contributed by atoms with Gasteiger partial charge in [0.15, 0.2) is 5.96 Å². The molecule has 1 aliphatic heterocycles. The summed E-state index contributed by atoms with van der Waals surface area (Å²) in [6.45, 7) is 3.61. The van der Waals surface area contributed by atoms with Crippen LogP contribution in [-0.2, 0) is 24.0 Å². The van der Waals surface area contributed by atoms with Gasteiger partial charge in [0.25, 0.3) is 0 Å². The van der Waals surface area contributed by atoms with E-state index in [2.05, 4.69) is 15.6 Å². The van der Waals surface area contributed by atoms with Crippen LogP contribution in [0.3, 0.4) is 0 Å². The number of guanidine groups is 1. The highest BCUT2D eigenvalue weighted by atomic mass is 16.4. The molecule has 0 aliphatic carbocycles. The van der Waals surface area contributed by atoms with E-state index in [1.807, 2.05) is 0 Å². The number of carbonyl (C=O) groups is 5. The number of hydrogen-bond acceptors (Lipinski definition) is 6. The Balaban J connectivity index is 1.96. The highest BCUT2D eigenvalue weighted by Gasteiger charge is 2.34. The molecule has 1 aliphatic rings. The van der Waals surface area contributed by atoms with Crippen LogP contribution >= 0.6 is 0 Å². The van der Waals surface area contributed by atoms with Gasteiger partial charge in [-0.2, -0.15) is 0 Å². The van der Waals surface area contributed by atoms with E-state index in [-0.39, 0.29) is 18.3 Å². The second kappa shape index (κ2) is 13.0. The summed E-state index contributed by atoms with van der Waals surface area (Å²) in [4.78, 5) is 65.6. The molecule has 3 atom stereocenters. The normalized spacial score (nSPS) is 16.4. The van der Waals surface area contributed by atoms with Crippen LogP contribution in [0.15, 0.2) is 35.3 Å². The van der Waals surface area contributed by atoms with Crippen LogP contribution in [0, 0.1) is 5.92 Å². The fourth-order valence-corrected chi connectivity index (χ4v) is 3.63. The van der Waals surface area contributed by atoms with Gasteiger partial charge in [-0.1, -0.05) is 26.0 Å². The summed E-state index contributed by atoms with van der Waals surface area (Å²) >= 11 is 0. The molecule has 8 N–H and O–H groups in total. The minimum absolute atomic E-state index is 0.0683. The first-order chi connectivity index (χ1) is 17.4. The zero-order chi connectivity index (χ0) is 27.7. The molecule has 3 amide bonds. The highest BCUT2D eigenvalue weighted by Crippen LogP contribution is 2.22. The van der Waals surface area contributed by atoms with E-state index < -0.39 is 54.2 Å². The number of rotatable bonds is 12. The number of nitrogens with one attached hydrogen (secondary N) is 2. The molecule has 1 aromatic rings. The molecule has 1 saturated heterocycles. The van der Waals surface area contributed by atoms with E-state index in [4.69, 9.17) is 16.6 Å². The number of nitrogens with two attached hydrogens (primary N) is 2. The molecule has 200 valence electrons. The van der Waals surface area contributed by atoms with Crippen molar-refractivity contribution in [2.45, 2.75) is 51.2 Å². The van der Waals surface area contributed by atoms with Crippen LogP contribution in [-0.4, -0.2) is 75.4 Å². The first-order valence-electron chi connectivity index (χ1n) is 11.6. The third-order valence-electron chi connectivity index (χ3n) is 5.68. The molecular formula is C24H32N6O7. The average molecular weight is 517 g/mol. The van der Waals surface area contributed by atoms with Crippen molar-refractivity contribution in [2.75, 3.05) is 6.54 Å². The third kappa shape index (κ3) is 8.94. The van der Waals surface area contributed by atoms with E-state index in [1.165, 1.54) is 11.0 Å².